The summed E-state index contributed by atoms with van der Waals surface area (Å²) in [7, 11) is 0. The van der Waals surface area contributed by atoms with E-state index in [0.717, 1.165) is 52.8 Å². The molecule has 3 aromatic rings. The van der Waals surface area contributed by atoms with Crippen LogP contribution in [0.25, 0.3) is 21.1 Å². The van der Waals surface area contributed by atoms with E-state index in [9.17, 15) is 4.79 Å². The number of hydrogen-bond donors (Lipinski definition) is 1. The van der Waals surface area contributed by atoms with Gasteiger partial charge in [-0.05, 0) is 30.9 Å². The summed E-state index contributed by atoms with van der Waals surface area (Å²) in [4.78, 5) is 21.0. The Labute approximate surface area is 160 Å². The molecule has 0 aliphatic carbocycles. The first-order valence-electron chi connectivity index (χ1n) is 9.32. The van der Waals surface area contributed by atoms with Crippen molar-refractivity contribution in [2.24, 2.45) is 5.92 Å². The van der Waals surface area contributed by atoms with Crippen molar-refractivity contribution >= 4 is 44.1 Å². The molecule has 1 saturated heterocycles. The van der Waals surface area contributed by atoms with Gasteiger partial charge in [-0.15, -0.1) is 11.3 Å². The molecule has 0 radical (unpaired) electrons. The number of thiophene rings is 1. The van der Waals surface area contributed by atoms with E-state index >= 15 is 0 Å². The Bertz CT molecular complexity index is 1050. The first-order chi connectivity index (χ1) is 13.1. The van der Waals surface area contributed by atoms with Crippen LogP contribution in [0.1, 0.15) is 29.4 Å². The number of anilines is 1. The number of rotatable bonds is 1. The van der Waals surface area contributed by atoms with Crippen LogP contribution in [0.4, 0.5) is 5.69 Å². The van der Waals surface area contributed by atoms with Crippen molar-refractivity contribution in [1.82, 2.24) is 9.88 Å². The minimum atomic E-state index is 0.0254. The second-order valence-corrected chi connectivity index (χ2v) is 8.35. The maximum Gasteiger partial charge on any atom is 0.266 e. The molecule has 2 aromatic heterocycles. The highest BCUT2D eigenvalue weighted by Crippen LogP contribution is 2.39. The number of hydrogen-bond acceptors (Lipinski definition) is 6. The van der Waals surface area contributed by atoms with Crippen molar-refractivity contribution in [3.8, 4) is 11.5 Å². The third kappa shape index (κ3) is 2.77. The lowest BCUT2D eigenvalue weighted by Crippen LogP contribution is -2.37. The minimum absolute atomic E-state index is 0.0254. The molecule has 4 heterocycles. The predicted molar refractivity (Wildman–Crippen MR) is 107 cm³/mol. The normalized spacial score (nSPS) is 17.6. The van der Waals surface area contributed by atoms with Crippen LogP contribution < -0.4 is 15.2 Å². The average Bonchev–Trinajstić information content (AvgIpc) is 3.00. The fraction of sp³-hybridized carbons (Fsp3) is 0.400. The molecule has 1 amide bonds. The molecule has 0 spiro atoms. The largest absolute Gasteiger partial charge is 0.486 e. The van der Waals surface area contributed by atoms with Gasteiger partial charge in [0.05, 0.1) is 11.2 Å². The lowest BCUT2D eigenvalue weighted by atomic mass is 9.99. The number of ether oxygens (including phenoxy) is 2. The monoisotopic (exact) mass is 383 g/mol. The quantitative estimate of drug-likeness (QED) is 0.694. The van der Waals surface area contributed by atoms with Gasteiger partial charge in [-0.2, -0.15) is 0 Å². The number of likely N-dealkylation sites (tertiary alicyclic amines) is 1. The van der Waals surface area contributed by atoms with Crippen LogP contribution >= 0.6 is 11.3 Å². The van der Waals surface area contributed by atoms with Gasteiger partial charge in [0.2, 0.25) is 0 Å². The molecule has 2 N–H and O–H groups in total. The lowest BCUT2D eigenvalue weighted by molar-refractivity contribution is 0.0703. The fourth-order valence-electron chi connectivity index (χ4n) is 3.75. The molecule has 27 heavy (non-hydrogen) atoms. The van der Waals surface area contributed by atoms with Crippen LogP contribution in [0.3, 0.4) is 0 Å². The number of nitrogens with two attached hydrogens (primary N) is 1. The van der Waals surface area contributed by atoms with Crippen LogP contribution in [-0.2, 0) is 0 Å². The smallest absolute Gasteiger partial charge is 0.266 e. The minimum Gasteiger partial charge on any atom is -0.486 e. The number of aromatic nitrogens is 1. The standard InChI is InChI=1S/C20H21N3O3S/c1-11-2-4-23(5-3-11)20(24)18-17(21)13-8-12-9-15-16(26-7-6-25-15)10-14(12)22-19(13)27-18/h8-11H,2-7,21H2,1H3. The summed E-state index contributed by atoms with van der Waals surface area (Å²) >= 11 is 1.38. The Morgan fingerprint density at radius 1 is 1.19 bits per heavy atom. The van der Waals surface area contributed by atoms with E-state index in [0.29, 0.717) is 35.4 Å². The molecule has 2 aliphatic heterocycles. The van der Waals surface area contributed by atoms with Crippen LogP contribution in [0.15, 0.2) is 18.2 Å². The fourth-order valence-corrected chi connectivity index (χ4v) is 4.80. The van der Waals surface area contributed by atoms with Crippen molar-refractivity contribution < 1.29 is 14.3 Å². The summed E-state index contributed by atoms with van der Waals surface area (Å²) in [6, 6.07) is 5.82. The molecule has 0 unspecified atom stereocenters. The van der Waals surface area contributed by atoms with Crippen molar-refractivity contribution in [3.05, 3.63) is 23.1 Å². The van der Waals surface area contributed by atoms with E-state index in [1.165, 1.54) is 11.3 Å². The van der Waals surface area contributed by atoms with Crippen LogP contribution in [0.5, 0.6) is 11.5 Å². The molecular weight excluding hydrogens is 362 g/mol. The van der Waals surface area contributed by atoms with E-state index in [1.807, 2.05) is 23.1 Å². The maximum atomic E-state index is 13.0. The first kappa shape index (κ1) is 16.6. The summed E-state index contributed by atoms with van der Waals surface area (Å²) < 4.78 is 11.3. The first-order valence-corrected chi connectivity index (χ1v) is 10.1. The average molecular weight is 383 g/mol. The number of nitrogen functional groups attached to an aromatic ring is 1. The van der Waals surface area contributed by atoms with Crippen LogP contribution in [0.2, 0.25) is 0 Å². The maximum absolute atomic E-state index is 13.0. The molecule has 2 aliphatic rings. The van der Waals surface area contributed by atoms with E-state index < -0.39 is 0 Å². The zero-order valence-corrected chi connectivity index (χ0v) is 16.0. The van der Waals surface area contributed by atoms with Gasteiger partial charge < -0.3 is 20.1 Å². The summed E-state index contributed by atoms with van der Waals surface area (Å²) in [5.74, 6) is 2.14. The number of fused-ring (bicyclic) bond motifs is 3. The zero-order chi connectivity index (χ0) is 18.5. The SMILES string of the molecule is CC1CCN(C(=O)c2sc3nc4cc5c(cc4cc3c2N)OCCO5)CC1. The topological polar surface area (TPSA) is 77.7 Å². The molecule has 0 atom stereocenters. The van der Waals surface area contributed by atoms with Gasteiger partial charge in [0, 0.05) is 29.9 Å². The van der Waals surface area contributed by atoms with Gasteiger partial charge in [-0.3, -0.25) is 4.79 Å². The second-order valence-electron chi connectivity index (χ2n) is 7.35. The summed E-state index contributed by atoms with van der Waals surface area (Å²) in [5, 5.41) is 1.76. The Morgan fingerprint density at radius 2 is 1.89 bits per heavy atom. The molecule has 7 heteroatoms. The number of nitrogens with zero attached hydrogens (tertiary/aromatic N) is 2. The van der Waals surface area contributed by atoms with E-state index in [-0.39, 0.29) is 5.91 Å². The van der Waals surface area contributed by atoms with Crippen molar-refractivity contribution in [2.45, 2.75) is 19.8 Å². The van der Waals surface area contributed by atoms with Gasteiger partial charge in [0.1, 0.15) is 22.9 Å². The Balaban J connectivity index is 1.57. The molecule has 6 nitrogen and oxygen atoms in total. The summed E-state index contributed by atoms with van der Waals surface area (Å²) in [5.41, 5.74) is 7.72. The van der Waals surface area contributed by atoms with Gasteiger partial charge in [-0.1, -0.05) is 6.92 Å². The zero-order valence-electron chi connectivity index (χ0n) is 15.2. The van der Waals surface area contributed by atoms with E-state index in [1.54, 1.807) is 0 Å². The highest BCUT2D eigenvalue weighted by molar-refractivity contribution is 7.21. The molecule has 5 rings (SSSR count). The van der Waals surface area contributed by atoms with Crippen LogP contribution in [0, 0.1) is 5.92 Å². The number of carbonyl (C=O) groups excluding carboxylic acids is 1. The van der Waals surface area contributed by atoms with E-state index in [4.69, 9.17) is 20.2 Å². The van der Waals surface area contributed by atoms with Gasteiger partial charge >= 0.3 is 0 Å². The van der Waals surface area contributed by atoms with Crippen molar-refractivity contribution in [1.29, 1.82) is 0 Å². The highest BCUT2D eigenvalue weighted by atomic mass is 32.1. The molecule has 0 bridgehead atoms. The third-order valence-electron chi connectivity index (χ3n) is 5.44. The number of piperidine rings is 1. The second kappa shape index (κ2) is 6.27. The number of benzene rings is 1. The van der Waals surface area contributed by atoms with Gasteiger partial charge in [0.25, 0.3) is 5.91 Å². The van der Waals surface area contributed by atoms with Gasteiger partial charge in [0.15, 0.2) is 11.5 Å². The lowest BCUT2D eigenvalue weighted by Gasteiger charge is -2.30. The molecule has 1 fully saturated rings. The Morgan fingerprint density at radius 3 is 2.63 bits per heavy atom. The molecule has 140 valence electrons. The van der Waals surface area contributed by atoms with Crippen molar-refractivity contribution in [2.75, 3.05) is 32.0 Å². The summed E-state index contributed by atoms with van der Waals surface area (Å²) in [6.07, 6.45) is 2.09. The van der Waals surface area contributed by atoms with Crippen LogP contribution in [-0.4, -0.2) is 42.1 Å². The van der Waals surface area contributed by atoms with Crippen molar-refractivity contribution in [3.63, 3.8) is 0 Å². The predicted octanol–water partition coefficient (Wildman–Crippen LogP) is 3.68. The van der Waals surface area contributed by atoms with E-state index in [2.05, 4.69) is 6.92 Å². The number of amides is 1. The van der Waals surface area contributed by atoms with Gasteiger partial charge in [-0.25, -0.2) is 4.98 Å². The highest BCUT2D eigenvalue weighted by Gasteiger charge is 2.26. The summed E-state index contributed by atoms with van der Waals surface area (Å²) in [6.45, 7) is 4.91. The third-order valence-corrected chi connectivity index (χ3v) is 6.55. The molecule has 1 aromatic carbocycles. The Kier molecular flexibility index (Phi) is 3.86. The number of pyridine rings is 1. The molecular formula is C20H21N3O3S. The Hall–Kier alpha value is -2.54. The molecule has 0 saturated carbocycles. The number of carbonyl (C=O) groups is 1.